The lowest BCUT2D eigenvalue weighted by Gasteiger charge is -2.36. The molecular weight excluding hydrogens is 412 g/mol. The average Bonchev–Trinajstić information content (AvgIpc) is 3.16. The normalized spacial score (nSPS) is 14.6. The molecule has 2 aromatic heterocycles. The molecule has 0 unspecified atom stereocenters. The lowest BCUT2D eigenvalue weighted by molar-refractivity contribution is -0.128. The molecule has 0 spiro atoms. The molecule has 0 aliphatic carbocycles. The van der Waals surface area contributed by atoms with E-state index in [4.69, 9.17) is 11.6 Å². The number of fused-ring (bicyclic) bond motifs is 1. The molecule has 1 saturated heterocycles. The minimum absolute atomic E-state index is 0.161. The first kappa shape index (κ1) is 19.5. The topological polar surface area (TPSA) is 49.3 Å². The average molecular weight is 433 g/mol. The number of halogens is 1. The fourth-order valence-corrected chi connectivity index (χ4v) is 5.34. The maximum absolute atomic E-state index is 12.7. The second kappa shape index (κ2) is 8.68. The van der Waals surface area contributed by atoms with Crippen molar-refractivity contribution < 1.29 is 4.79 Å². The molecule has 0 bridgehead atoms. The molecule has 1 aliphatic heterocycles. The summed E-state index contributed by atoms with van der Waals surface area (Å²) in [5.41, 5.74) is 1.11. The van der Waals surface area contributed by atoms with Gasteiger partial charge in [-0.25, -0.2) is 9.97 Å². The summed E-state index contributed by atoms with van der Waals surface area (Å²) in [6.07, 6.45) is 2.58. The lowest BCUT2D eigenvalue weighted by Crippen LogP contribution is -2.49. The number of piperazine rings is 1. The number of hydrogen-bond acceptors (Lipinski definition) is 6. The van der Waals surface area contributed by atoms with E-state index < -0.39 is 0 Å². The highest BCUT2D eigenvalue weighted by atomic mass is 35.5. The smallest absolute Gasteiger partial charge is 0.233 e. The molecule has 8 heteroatoms. The number of rotatable bonds is 5. The second-order valence-electron chi connectivity index (χ2n) is 6.60. The minimum Gasteiger partial charge on any atom is -0.368 e. The van der Waals surface area contributed by atoms with Gasteiger partial charge in [-0.15, -0.1) is 11.3 Å². The molecule has 0 radical (unpaired) electrons. The summed E-state index contributed by atoms with van der Waals surface area (Å²) in [5.74, 6) is 0.564. The van der Waals surface area contributed by atoms with Crippen molar-refractivity contribution in [2.24, 2.45) is 0 Å². The summed E-state index contributed by atoms with van der Waals surface area (Å²) in [6.45, 7) is 5.22. The standard InChI is InChI=1S/C20H21ClN4OS2/c1-2-16-11-17-19(22-13-23-20(17)28-16)27-12-18(26)25-8-6-24(7-9-25)15-5-3-4-14(21)10-15/h3-5,10-11,13H,2,6-9,12H2,1H3. The van der Waals surface area contributed by atoms with Gasteiger partial charge in [0.25, 0.3) is 0 Å². The maximum atomic E-state index is 12.7. The molecule has 0 N–H and O–H groups in total. The van der Waals surface area contributed by atoms with Crippen molar-refractivity contribution in [3.63, 3.8) is 0 Å². The number of anilines is 1. The van der Waals surface area contributed by atoms with Crippen molar-refractivity contribution in [2.45, 2.75) is 18.4 Å². The molecule has 1 aliphatic rings. The fourth-order valence-electron chi connectivity index (χ4n) is 3.28. The Bertz CT molecular complexity index is 985. The van der Waals surface area contributed by atoms with Crippen molar-refractivity contribution in [3.05, 3.63) is 46.6 Å². The highest BCUT2D eigenvalue weighted by molar-refractivity contribution is 8.00. The molecule has 0 atom stereocenters. The predicted octanol–water partition coefficient (Wildman–Crippen LogP) is 4.35. The molecular formula is C20H21ClN4OS2. The number of carbonyl (C=O) groups is 1. The van der Waals surface area contributed by atoms with Crippen LogP contribution in [0.15, 0.2) is 41.7 Å². The van der Waals surface area contributed by atoms with Gasteiger partial charge >= 0.3 is 0 Å². The number of nitrogens with zero attached hydrogens (tertiary/aromatic N) is 4. The number of aryl methyl sites for hydroxylation is 1. The fraction of sp³-hybridized carbons (Fsp3) is 0.350. The zero-order valence-electron chi connectivity index (χ0n) is 15.6. The Morgan fingerprint density at radius 1 is 1.21 bits per heavy atom. The monoisotopic (exact) mass is 432 g/mol. The molecule has 3 aromatic rings. The zero-order valence-corrected chi connectivity index (χ0v) is 18.0. The molecule has 4 rings (SSSR count). The molecule has 0 saturated carbocycles. The molecule has 28 heavy (non-hydrogen) atoms. The quantitative estimate of drug-likeness (QED) is 0.443. The van der Waals surface area contributed by atoms with E-state index in [0.717, 1.165) is 58.6 Å². The van der Waals surface area contributed by atoms with Gasteiger partial charge in [0, 0.05) is 47.2 Å². The Balaban J connectivity index is 1.35. The van der Waals surface area contributed by atoms with Crippen LogP contribution in [0.3, 0.4) is 0 Å². The van der Waals surface area contributed by atoms with E-state index in [1.54, 1.807) is 17.7 Å². The van der Waals surface area contributed by atoms with Crippen LogP contribution in [0.1, 0.15) is 11.8 Å². The Kier molecular flexibility index (Phi) is 6.04. The van der Waals surface area contributed by atoms with Crippen LogP contribution in [0.25, 0.3) is 10.2 Å². The second-order valence-corrected chi connectivity index (χ2v) is 9.12. The van der Waals surface area contributed by atoms with Crippen LogP contribution in [-0.4, -0.2) is 52.7 Å². The summed E-state index contributed by atoms with van der Waals surface area (Å²) < 4.78 is 0. The van der Waals surface area contributed by atoms with Gasteiger partial charge in [0.2, 0.25) is 5.91 Å². The summed E-state index contributed by atoms with van der Waals surface area (Å²) >= 11 is 9.30. The van der Waals surface area contributed by atoms with Crippen molar-refractivity contribution in [1.29, 1.82) is 0 Å². The van der Waals surface area contributed by atoms with E-state index in [2.05, 4.69) is 33.9 Å². The first-order valence-electron chi connectivity index (χ1n) is 9.28. The molecule has 3 heterocycles. The van der Waals surface area contributed by atoms with E-state index >= 15 is 0 Å². The Hall–Kier alpha value is -1.83. The lowest BCUT2D eigenvalue weighted by atomic mass is 10.2. The van der Waals surface area contributed by atoms with Crippen LogP contribution in [0.2, 0.25) is 5.02 Å². The number of hydrogen-bond donors (Lipinski definition) is 0. The van der Waals surface area contributed by atoms with Crippen molar-refractivity contribution in [2.75, 3.05) is 36.8 Å². The first-order chi connectivity index (χ1) is 13.6. The van der Waals surface area contributed by atoms with E-state index in [0.29, 0.717) is 5.75 Å². The number of benzene rings is 1. The largest absolute Gasteiger partial charge is 0.368 e. The summed E-state index contributed by atoms with van der Waals surface area (Å²) in [5, 5.41) is 2.70. The van der Waals surface area contributed by atoms with Crippen molar-refractivity contribution >= 4 is 56.5 Å². The molecule has 146 valence electrons. The van der Waals surface area contributed by atoms with Crippen LogP contribution in [0.4, 0.5) is 5.69 Å². The Morgan fingerprint density at radius 3 is 2.79 bits per heavy atom. The summed E-state index contributed by atoms with van der Waals surface area (Å²) in [4.78, 5) is 27.9. The highest BCUT2D eigenvalue weighted by Crippen LogP contribution is 2.31. The zero-order chi connectivity index (χ0) is 19.5. The highest BCUT2D eigenvalue weighted by Gasteiger charge is 2.22. The van der Waals surface area contributed by atoms with Gasteiger partial charge in [0.05, 0.1) is 5.75 Å². The van der Waals surface area contributed by atoms with E-state index in [1.807, 2.05) is 23.1 Å². The molecule has 1 fully saturated rings. The van der Waals surface area contributed by atoms with Gasteiger partial charge in [0.1, 0.15) is 16.2 Å². The van der Waals surface area contributed by atoms with Gasteiger partial charge in [-0.2, -0.15) is 0 Å². The maximum Gasteiger partial charge on any atom is 0.233 e. The predicted molar refractivity (Wildman–Crippen MR) is 118 cm³/mol. The Labute approximate surface area is 177 Å². The third-order valence-electron chi connectivity index (χ3n) is 4.83. The van der Waals surface area contributed by atoms with Crippen LogP contribution in [0, 0.1) is 0 Å². The Morgan fingerprint density at radius 2 is 2.04 bits per heavy atom. The van der Waals surface area contributed by atoms with Crippen LogP contribution in [0.5, 0.6) is 0 Å². The minimum atomic E-state index is 0.161. The van der Waals surface area contributed by atoms with Gasteiger partial charge in [0.15, 0.2) is 0 Å². The number of thioether (sulfide) groups is 1. The van der Waals surface area contributed by atoms with Crippen LogP contribution >= 0.6 is 34.7 Å². The van der Waals surface area contributed by atoms with Crippen molar-refractivity contribution in [1.82, 2.24) is 14.9 Å². The van der Waals surface area contributed by atoms with Gasteiger partial charge in [-0.3, -0.25) is 4.79 Å². The van der Waals surface area contributed by atoms with E-state index in [1.165, 1.54) is 16.6 Å². The molecule has 1 amide bonds. The SMILES string of the molecule is CCc1cc2c(SCC(=O)N3CCN(c4cccc(Cl)c4)CC3)ncnc2s1. The number of amides is 1. The summed E-state index contributed by atoms with van der Waals surface area (Å²) in [7, 11) is 0. The van der Waals surface area contributed by atoms with Crippen LogP contribution in [-0.2, 0) is 11.2 Å². The molecule has 1 aromatic carbocycles. The van der Waals surface area contributed by atoms with Gasteiger partial charge in [-0.05, 0) is 30.7 Å². The van der Waals surface area contributed by atoms with Crippen LogP contribution < -0.4 is 4.90 Å². The first-order valence-corrected chi connectivity index (χ1v) is 11.5. The number of thiophene rings is 1. The third-order valence-corrected chi connectivity index (χ3v) is 7.24. The number of carbonyl (C=O) groups excluding carboxylic acids is 1. The van der Waals surface area contributed by atoms with E-state index in [9.17, 15) is 4.79 Å². The van der Waals surface area contributed by atoms with E-state index in [-0.39, 0.29) is 5.91 Å². The van der Waals surface area contributed by atoms with Crippen molar-refractivity contribution in [3.8, 4) is 0 Å². The summed E-state index contributed by atoms with van der Waals surface area (Å²) in [6, 6.07) is 10.0. The van der Waals surface area contributed by atoms with Gasteiger partial charge < -0.3 is 9.80 Å². The third kappa shape index (κ3) is 4.26. The number of aromatic nitrogens is 2. The molecule has 5 nitrogen and oxygen atoms in total. The van der Waals surface area contributed by atoms with Gasteiger partial charge in [-0.1, -0.05) is 36.4 Å².